The van der Waals surface area contributed by atoms with Crippen molar-refractivity contribution in [1.82, 2.24) is 34.7 Å². The number of aromatic amines is 1. The van der Waals surface area contributed by atoms with Crippen molar-refractivity contribution in [3.63, 3.8) is 0 Å². The first-order valence-corrected chi connectivity index (χ1v) is 8.32. The van der Waals surface area contributed by atoms with Crippen LogP contribution in [0.15, 0.2) is 42.7 Å². The molecular formula is C17H18N8. The van der Waals surface area contributed by atoms with Crippen LogP contribution in [0.25, 0.3) is 16.7 Å². The van der Waals surface area contributed by atoms with Gasteiger partial charge in [-0.1, -0.05) is 12.1 Å². The molecule has 0 bridgehead atoms. The molecule has 0 saturated carbocycles. The van der Waals surface area contributed by atoms with Gasteiger partial charge in [-0.15, -0.1) is 15.3 Å². The lowest BCUT2D eigenvalue weighted by Crippen LogP contribution is -2.58. The molecule has 1 saturated heterocycles. The van der Waals surface area contributed by atoms with Crippen LogP contribution in [0.4, 0.5) is 5.82 Å². The van der Waals surface area contributed by atoms with Crippen LogP contribution < -0.4 is 4.90 Å². The number of hydrogen-bond acceptors (Lipinski definition) is 6. The molecule has 1 N–H and O–H groups in total. The van der Waals surface area contributed by atoms with Crippen molar-refractivity contribution in [2.45, 2.75) is 12.6 Å². The van der Waals surface area contributed by atoms with Gasteiger partial charge < -0.3 is 9.88 Å². The predicted octanol–water partition coefficient (Wildman–Crippen LogP) is 1.32. The average molecular weight is 334 g/mol. The smallest absolute Gasteiger partial charge is 0.177 e. The highest BCUT2D eigenvalue weighted by Gasteiger charge is 2.31. The highest BCUT2D eigenvalue weighted by atomic mass is 15.4. The first kappa shape index (κ1) is 14.4. The van der Waals surface area contributed by atoms with Gasteiger partial charge in [0.25, 0.3) is 0 Å². The van der Waals surface area contributed by atoms with Gasteiger partial charge >= 0.3 is 0 Å². The van der Waals surface area contributed by atoms with E-state index in [0.717, 1.165) is 48.0 Å². The van der Waals surface area contributed by atoms with Crippen LogP contribution in [0.5, 0.6) is 0 Å². The topological polar surface area (TPSA) is 78.2 Å². The quantitative estimate of drug-likeness (QED) is 0.606. The van der Waals surface area contributed by atoms with Crippen molar-refractivity contribution >= 4 is 22.5 Å². The van der Waals surface area contributed by atoms with Gasteiger partial charge in [0.05, 0.1) is 17.6 Å². The summed E-state index contributed by atoms with van der Waals surface area (Å²) in [6, 6.07) is 12.6. The number of imidazole rings is 1. The molecule has 0 amide bonds. The van der Waals surface area contributed by atoms with Crippen LogP contribution in [0, 0.1) is 0 Å². The van der Waals surface area contributed by atoms with E-state index in [2.05, 4.69) is 48.2 Å². The Kier molecular flexibility index (Phi) is 3.17. The van der Waals surface area contributed by atoms with Crippen LogP contribution >= 0.6 is 0 Å². The number of anilines is 1. The minimum absolute atomic E-state index is 0.492. The molecule has 0 radical (unpaired) electrons. The second-order valence-corrected chi connectivity index (χ2v) is 6.50. The largest absolute Gasteiger partial charge is 0.352 e. The molecule has 4 aromatic rings. The summed E-state index contributed by atoms with van der Waals surface area (Å²) in [5.74, 6) is 1.96. The van der Waals surface area contributed by atoms with Gasteiger partial charge in [0.2, 0.25) is 0 Å². The zero-order valence-corrected chi connectivity index (χ0v) is 13.9. The van der Waals surface area contributed by atoms with E-state index in [9.17, 15) is 0 Å². The summed E-state index contributed by atoms with van der Waals surface area (Å²) in [4.78, 5) is 12.7. The number of aromatic nitrogens is 6. The third-order valence-corrected chi connectivity index (χ3v) is 4.79. The molecule has 1 aliphatic rings. The number of H-pyrrole nitrogens is 1. The normalized spacial score (nSPS) is 15.4. The van der Waals surface area contributed by atoms with Gasteiger partial charge in [-0.05, 0) is 31.3 Å². The summed E-state index contributed by atoms with van der Waals surface area (Å²) < 4.78 is 1.71. The zero-order valence-electron chi connectivity index (χ0n) is 13.9. The molecule has 8 heteroatoms. The molecule has 0 unspecified atom stereocenters. The molecule has 0 aliphatic carbocycles. The number of hydrogen-bond donors (Lipinski definition) is 1. The van der Waals surface area contributed by atoms with Crippen LogP contribution in [-0.4, -0.2) is 60.9 Å². The fourth-order valence-corrected chi connectivity index (χ4v) is 3.25. The van der Waals surface area contributed by atoms with Gasteiger partial charge in [0.15, 0.2) is 5.65 Å². The van der Waals surface area contributed by atoms with E-state index < -0.39 is 0 Å². The second-order valence-electron chi connectivity index (χ2n) is 6.50. The minimum atomic E-state index is 0.492. The molecule has 126 valence electrons. The van der Waals surface area contributed by atoms with E-state index in [1.165, 1.54) is 0 Å². The third kappa shape index (κ3) is 2.51. The van der Waals surface area contributed by atoms with Crippen LogP contribution in [0.3, 0.4) is 0 Å². The molecule has 4 heterocycles. The molecular weight excluding hydrogens is 316 g/mol. The van der Waals surface area contributed by atoms with Crippen molar-refractivity contribution in [2.24, 2.45) is 0 Å². The minimum Gasteiger partial charge on any atom is -0.352 e. The lowest BCUT2D eigenvalue weighted by molar-refractivity contribution is 0.193. The summed E-state index contributed by atoms with van der Waals surface area (Å²) in [7, 11) is 2.14. The highest BCUT2D eigenvalue weighted by molar-refractivity contribution is 5.74. The van der Waals surface area contributed by atoms with E-state index in [0.29, 0.717) is 6.04 Å². The van der Waals surface area contributed by atoms with Crippen LogP contribution in [0.2, 0.25) is 0 Å². The Balaban J connectivity index is 1.24. The maximum atomic E-state index is 4.66. The number of likely N-dealkylation sites (N-methyl/N-ethyl adjacent to an activating group) is 1. The van der Waals surface area contributed by atoms with E-state index in [1.807, 2.05) is 30.3 Å². The van der Waals surface area contributed by atoms with E-state index in [-0.39, 0.29) is 0 Å². The molecule has 3 aromatic heterocycles. The molecule has 1 fully saturated rings. The summed E-state index contributed by atoms with van der Waals surface area (Å²) in [5, 5.41) is 12.4. The summed E-state index contributed by atoms with van der Waals surface area (Å²) in [6.45, 7) is 2.72. The summed E-state index contributed by atoms with van der Waals surface area (Å²) in [6.07, 6.45) is 1.63. The predicted molar refractivity (Wildman–Crippen MR) is 94.3 cm³/mol. The van der Waals surface area contributed by atoms with E-state index >= 15 is 0 Å². The number of nitrogens with one attached hydrogen (secondary N) is 1. The van der Waals surface area contributed by atoms with Gasteiger partial charge in [-0.2, -0.15) is 4.52 Å². The Morgan fingerprint density at radius 2 is 2.08 bits per heavy atom. The molecule has 0 atom stereocenters. The van der Waals surface area contributed by atoms with Gasteiger partial charge in [0.1, 0.15) is 18.0 Å². The molecule has 0 spiro atoms. The lowest BCUT2D eigenvalue weighted by Gasteiger charge is -2.44. The molecule has 25 heavy (non-hydrogen) atoms. The van der Waals surface area contributed by atoms with Gasteiger partial charge in [-0.3, -0.25) is 4.90 Å². The summed E-state index contributed by atoms with van der Waals surface area (Å²) in [5.41, 5.74) is 2.88. The van der Waals surface area contributed by atoms with Crippen molar-refractivity contribution in [3.05, 3.63) is 48.5 Å². The fourth-order valence-electron chi connectivity index (χ4n) is 3.25. The Morgan fingerprint density at radius 1 is 1.20 bits per heavy atom. The number of para-hydroxylation sites is 2. The average Bonchev–Trinajstić information content (AvgIpc) is 3.18. The number of benzene rings is 1. The maximum absolute atomic E-state index is 4.66. The molecule has 8 nitrogen and oxygen atoms in total. The third-order valence-electron chi connectivity index (χ3n) is 4.79. The van der Waals surface area contributed by atoms with Gasteiger partial charge in [0, 0.05) is 19.1 Å². The summed E-state index contributed by atoms with van der Waals surface area (Å²) >= 11 is 0. The Bertz CT molecular complexity index is 996. The Labute approximate surface area is 144 Å². The monoisotopic (exact) mass is 334 g/mol. The zero-order chi connectivity index (χ0) is 16.8. The molecule has 5 rings (SSSR count). The number of nitrogens with zero attached hydrogens (tertiary/aromatic N) is 7. The number of fused-ring (bicyclic) bond motifs is 2. The van der Waals surface area contributed by atoms with Gasteiger partial charge in [-0.25, -0.2) is 4.98 Å². The molecule has 1 aliphatic heterocycles. The Morgan fingerprint density at radius 3 is 2.96 bits per heavy atom. The lowest BCUT2D eigenvalue weighted by atomic mass is 10.1. The first-order chi connectivity index (χ1) is 12.3. The van der Waals surface area contributed by atoms with Crippen LogP contribution in [-0.2, 0) is 6.54 Å². The van der Waals surface area contributed by atoms with E-state index in [1.54, 1.807) is 10.8 Å². The first-order valence-electron chi connectivity index (χ1n) is 8.32. The fraction of sp³-hybridized carbons (Fsp3) is 0.294. The van der Waals surface area contributed by atoms with Crippen LogP contribution in [0.1, 0.15) is 5.82 Å². The van der Waals surface area contributed by atoms with E-state index in [4.69, 9.17) is 0 Å². The maximum Gasteiger partial charge on any atom is 0.177 e. The standard InChI is InChI=1S/C17H18N8/c1-23(10-15-19-13-4-2-3-5-14(13)20-15)12-8-24(9-12)17-7-6-16-21-18-11-25(16)22-17/h2-7,11-12H,8-10H2,1H3,(H,19,20). The van der Waals surface area contributed by atoms with Crippen molar-refractivity contribution in [1.29, 1.82) is 0 Å². The number of rotatable bonds is 4. The van der Waals surface area contributed by atoms with Crippen molar-refractivity contribution in [3.8, 4) is 0 Å². The molecule has 1 aromatic carbocycles. The second kappa shape index (κ2) is 5.52. The SMILES string of the molecule is CN(Cc1nc2ccccc2[nH]1)C1CN(c2ccc3nncn3n2)C1. The highest BCUT2D eigenvalue weighted by Crippen LogP contribution is 2.22. The van der Waals surface area contributed by atoms with Crippen molar-refractivity contribution < 1.29 is 0 Å². The van der Waals surface area contributed by atoms with Crippen molar-refractivity contribution in [2.75, 3.05) is 25.0 Å². The Hall–Kier alpha value is -3.00.